The molecule has 0 aliphatic carbocycles. The van der Waals surface area contributed by atoms with E-state index in [4.69, 9.17) is 14.3 Å². The summed E-state index contributed by atoms with van der Waals surface area (Å²) < 4.78 is 10.9. The van der Waals surface area contributed by atoms with E-state index in [2.05, 4.69) is 0 Å². The van der Waals surface area contributed by atoms with E-state index in [-0.39, 0.29) is 5.91 Å². The highest BCUT2D eigenvalue weighted by Gasteiger charge is 2.27. The van der Waals surface area contributed by atoms with E-state index in [0.29, 0.717) is 13.0 Å². The molecule has 6 heteroatoms. The topological polar surface area (TPSA) is 48.7 Å². The van der Waals surface area contributed by atoms with Gasteiger partial charge in [-0.15, -0.1) is 0 Å². The predicted molar refractivity (Wildman–Crippen MR) is 72.6 cm³/mol. The van der Waals surface area contributed by atoms with E-state index >= 15 is 0 Å². The molecule has 0 rings (SSSR count). The third-order valence-electron chi connectivity index (χ3n) is 1.72. The summed E-state index contributed by atoms with van der Waals surface area (Å²) in [7, 11) is 8.54. The summed E-state index contributed by atoms with van der Waals surface area (Å²) in [5.74, 6) is 0.101. The van der Waals surface area contributed by atoms with Crippen molar-refractivity contribution in [3.8, 4) is 6.07 Å². The molecule has 17 heavy (non-hydrogen) atoms. The summed E-state index contributed by atoms with van der Waals surface area (Å²) in [4.78, 5) is 4.09. The summed E-state index contributed by atoms with van der Waals surface area (Å²) in [6, 6.07) is 2.05. The van der Waals surface area contributed by atoms with Crippen LogP contribution < -0.4 is 0 Å². The van der Waals surface area contributed by atoms with Gasteiger partial charge in [-0.1, -0.05) is 13.8 Å². The van der Waals surface area contributed by atoms with E-state index in [1.54, 1.807) is 7.11 Å². The van der Waals surface area contributed by atoms with Crippen molar-refractivity contribution in [2.75, 3.05) is 41.9 Å². The molecule has 0 amide bonds. The molecule has 0 bridgehead atoms. The lowest BCUT2D eigenvalue weighted by atomic mass is 10.5. The van der Waals surface area contributed by atoms with Crippen LogP contribution in [0.25, 0.3) is 0 Å². The zero-order chi connectivity index (χ0) is 13.8. The first-order valence-electron chi connectivity index (χ1n) is 5.70. The van der Waals surface area contributed by atoms with Gasteiger partial charge in [0.25, 0.3) is 0 Å². The molecule has 0 saturated heterocycles. The summed E-state index contributed by atoms with van der Waals surface area (Å²) in [6.07, 6.45) is 0.399. The molecule has 0 radical (unpaired) electrons. The van der Waals surface area contributed by atoms with Crippen LogP contribution in [0.5, 0.6) is 0 Å². The van der Waals surface area contributed by atoms with Gasteiger partial charge in [0.15, 0.2) is 0 Å². The molecule has 0 heterocycles. The maximum Gasteiger partial charge on any atom is 0.204 e. The lowest BCUT2D eigenvalue weighted by Crippen LogP contribution is -2.39. The smallest absolute Gasteiger partial charge is 0.204 e. The van der Waals surface area contributed by atoms with Crippen molar-refractivity contribution in [1.82, 2.24) is 9.80 Å². The molecule has 0 saturated carbocycles. The Hall–Kier alpha value is -0.240. The van der Waals surface area contributed by atoms with Crippen molar-refractivity contribution >= 4 is 8.38 Å². The first-order chi connectivity index (χ1) is 8.04. The van der Waals surface area contributed by atoms with Gasteiger partial charge in [-0.05, 0) is 28.2 Å². The number of hydrogen-bond donors (Lipinski definition) is 0. The maximum atomic E-state index is 8.42. The van der Waals surface area contributed by atoms with E-state index in [0.717, 1.165) is 0 Å². The third-order valence-corrected chi connectivity index (χ3v) is 3.82. The molecule has 5 nitrogen and oxygen atoms in total. The summed E-state index contributed by atoms with van der Waals surface area (Å²) in [5, 5.41) is 8.42. The molecule has 0 N–H and O–H groups in total. The van der Waals surface area contributed by atoms with Crippen molar-refractivity contribution in [1.29, 1.82) is 5.26 Å². The molecular weight excluding hydrogens is 237 g/mol. The second kappa shape index (κ2) is 12.2. The molecule has 0 aromatic rings. The molecule has 0 aliphatic rings. The zero-order valence-corrected chi connectivity index (χ0v) is 13.0. The van der Waals surface area contributed by atoms with Gasteiger partial charge in [0.05, 0.1) is 19.1 Å². The standard InChI is InChI=1S/C9H20N3O2P.C2H6/c1-11(2)9(12(3)4)15(13-5)14-8-6-7-10;1-2/h9H,6,8H2,1-5H3;1-2H3. The number of hydrogen-bond acceptors (Lipinski definition) is 5. The van der Waals surface area contributed by atoms with Crippen LogP contribution in [0.4, 0.5) is 0 Å². The first kappa shape index (κ1) is 19.1. The van der Waals surface area contributed by atoms with Crippen LogP contribution in [-0.2, 0) is 9.05 Å². The molecule has 1 unspecified atom stereocenters. The quantitative estimate of drug-likeness (QED) is 0.401. The Kier molecular flexibility index (Phi) is 13.7. The van der Waals surface area contributed by atoms with Gasteiger partial charge in [-0.2, -0.15) is 5.26 Å². The minimum atomic E-state index is -1.01. The minimum Gasteiger partial charge on any atom is -0.335 e. The Morgan fingerprint density at radius 2 is 1.65 bits per heavy atom. The van der Waals surface area contributed by atoms with Crippen LogP contribution in [0.15, 0.2) is 0 Å². The molecule has 1 atom stereocenters. The Morgan fingerprint density at radius 3 is 1.94 bits per heavy atom. The largest absolute Gasteiger partial charge is 0.335 e. The molecular formula is C11H26N3O2P. The van der Waals surface area contributed by atoms with E-state index < -0.39 is 8.38 Å². The van der Waals surface area contributed by atoms with Crippen LogP contribution in [-0.4, -0.2) is 57.6 Å². The van der Waals surface area contributed by atoms with Crippen molar-refractivity contribution in [2.45, 2.75) is 26.2 Å². The van der Waals surface area contributed by atoms with Gasteiger partial charge in [-0.25, -0.2) is 0 Å². The first-order valence-corrected chi connectivity index (χ1v) is 6.95. The zero-order valence-electron chi connectivity index (χ0n) is 12.1. The van der Waals surface area contributed by atoms with Gasteiger partial charge in [0, 0.05) is 7.11 Å². The van der Waals surface area contributed by atoms with Gasteiger partial charge < -0.3 is 9.05 Å². The van der Waals surface area contributed by atoms with Crippen molar-refractivity contribution in [3.05, 3.63) is 0 Å². The molecule has 0 aromatic heterocycles. The Labute approximate surface area is 107 Å². The molecule has 0 spiro atoms. The van der Waals surface area contributed by atoms with Crippen LogP contribution in [0, 0.1) is 11.3 Å². The highest BCUT2D eigenvalue weighted by molar-refractivity contribution is 7.47. The van der Waals surface area contributed by atoms with Crippen LogP contribution in [0.1, 0.15) is 20.3 Å². The van der Waals surface area contributed by atoms with Crippen LogP contribution in [0.2, 0.25) is 0 Å². The SMILES string of the molecule is CC.COP(OCCC#N)C(N(C)C)N(C)C. The van der Waals surface area contributed by atoms with E-state index in [9.17, 15) is 0 Å². The fourth-order valence-electron chi connectivity index (χ4n) is 1.23. The van der Waals surface area contributed by atoms with Gasteiger partial charge in [0.1, 0.15) is 5.91 Å². The van der Waals surface area contributed by atoms with Crippen LogP contribution in [0.3, 0.4) is 0 Å². The number of nitrogens with zero attached hydrogens (tertiary/aromatic N) is 3. The van der Waals surface area contributed by atoms with Gasteiger partial charge in [0.2, 0.25) is 8.38 Å². The fraction of sp³-hybridized carbons (Fsp3) is 0.909. The predicted octanol–water partition coefficient (Wildman–Crippen LogP) is 2.31. The van der Waals surface area contributed by atoms with Crippen LogP contribution >= 0.6 is 8.38 Å². The molecule has 102 valence electrons. The van der Waals surface area contributed by atoms with Gasteiger partial charge >= 0.3 is 0 Å². The number of rotatable bonds is 7. The lowest BCUT2D eigenvalue weighted by Gasteiger charge is -2.34. The van der Waals surface area contributed by atoms with Crippen molar-refractivity contribution in [3.63, 3.8) is 0 Å². The highest BCUT2D eigenvalue weighted by atomic mass is 31.2. The third kappa shape index (κ3) is 8.48. The lowest BCUT2D eigenvalue weighted by molar-refractivity contribution is 0.160. The fourth-order valence-corrected chi connectivity index (χ4v) is 2.69. The number of nitriles is 1. The van der Waals surface area contributed by atoms with E-state index in [1.807, 2.05) is 57.9 Å². The average molecular weight is 263 g/mol. The average Bonchev–Trinajstić information content (AvgIpc) is 2.29. The Balaban J connectivity index is 0. The highest BCUT2D eigenvalue weighted by Crippen LogP contribution is 2.44. The molecule has 0 aromatic carbocycles. The van der Waals surface area contributed by atoms with Gasteiger partial charge in [-0.3, -0.25) is 9.80 Å². The summed E-state index contributed by atoms with van der Waals surface area (Å²) >= 11 is 0. The minimum absolute atomic E-state index is 0.101. The maximum absolute atomic E-state index is 8.42. The normalized spacial score (nSPS) is 12.3. The van der Waals surface area contributed by atoms with Crippen molar-refractivity contribution < 1.29 is 9.05 Å². The summed E-state index contributed by atoms with van der Waals surface area (Å²) in [6.45, 7) is 4.42. The monoisotopic (exact) mass is 263 g/mol. The Morgan fingerprint density at radius 1 is 1.18 bits per heavy atom. The van der Waals surface area contributed by atoms with Crippen molar-refractivity contribution in [2.24, 2.45) is 0 Å². The van der Waals surface area contributed by atoms with E-state index in [1.165, 1.54) is 0 Å². The Bertz CT molecular complexity index is 199. The second-order valence-electron chi connectivity index (χ2n) is 3.48. The molecule has 0 aliphatic heterocycles. The second-order valence-corrected chi connectivity index (χ2v) is 5.14. The summed E-state index contributed by atoms with van der Waals surface area (Å²) in [5.41, 5.74) is 0. The molecule has 0 fully saturated rings.